The molecular weight excluding hydrogens is 268 g/mol. The van der Waals surface area contributed by atoms with Crippen molar-refractivity contribution >= 4 is 17.5 Å². The normalized spacial score (nSPS) is 19.1. The van der Waals surface area contributed by atoms with Crippen molar-refractivity contribution in [2.75, 3.05) is 24.6 Å². The van der Waals surface area contributed by atoms with Gasteiger partial charge < -0.3 is 10.0 Å². The Morgan fingerprint density at radius 1 is 1.32 bits per heavy atom. The zero-order chi connectivity index (χ0) is 13.2. The van der Waals surface area contributed by atoms with Crippen LogP contribution in [-0.2, 0) is 0 Å². The Bertz CT molecular complexity index is 560. The van der Waals surface area contributed by atoms with Crippen molar-refractivity contribution in [3.8, 4) is 5.95 Å². The summed E-state index contributed by atoms with van der Waals surface area (Å²) in [4.78, 5) is 18.6. The smallest absolute Gasteiger partial charge is 0.241 e. The van der Waals surface area contributed by atoms with E-state index in [-0.39, 0.29) is 17.8 Å². The van der Waals surface area contributed by atoms with E-state index >= 15 is 0 Å². The second kappa shape index (κ2) is 5.10. The third-order valence-corrected chi connectivity index (χ3v) is 3.32. The zero-order valence-electron chi connectivity index (χ0n) is 10.1. The molecule has 3 heterocycles. The summed E-state index contributed by atoms with van der Waals surface area (Å²) in [6, 6.07) is 0. The summed E-state index contributed by atoms with van der Waals surface area (Å²) in [7, 11) is 0. The van der Waals surface area contributed by atoms with Crippen LogP contribution in [0.1, 0.15) is 6.42 Å². The Hall–Kier alpha value is -1.73. The Morgan fingerprint density at radius 3 is 2.84 bits per heavy atom. The van der Waals surface area contributed by atoms with E-state index in [1.165, 1.54) is 0 Å². The van der Waals surface area contributed by atoms with Gasteiger partial charge in [0.25, 0.3) is 0 Å². The van der Waals surface area contributed by atoms with Gasteiger partial charge in [-0.1, -0.05) is 0 Å². The summed E-state index contributed by atoms with van der Waals surface area (Å²) in [5.74, 6) is 1.26. The van der Waals surface area contributed by atoms with Crippen molar-refractivity contribution in [1.29, 1.82) is 0 Å². The Labute approximate surface area is 114 Å². The van der Waals surface area contributed by atoms with Gasteiger partial charge in [0, 0.05) is 38.0 Å². The molecule has 3 rings (SSSR count). The molecule has 2 aromatic rings. The lowest BCUT2D eigenvalue weighted by molar-refractivity contribution is 0.238. The number of aromatic nitrogens is 5. The van der Waals surface area contributed by atoms with Gasteiger partial charge in [-0.15, -0.1) is 0 Å². The van der Waals surface area contributed by atoms with E-state index in [2.05, 4.69) is 19.9 Å². The fraction of sp³-hybridized carbons (Fsp3) is 0.455. The maximum absolute atomic E-state index is 9.17. The minimum Gasteiger partial charge on any atom is -0.396 e. The highest BCUT2D eigenvalue weighted by Crippen LogP contribution is 2.21. The molecule has 1 saturated heterocycles. The molecule has 0 spiro atoms. The summed E-state index contributed by atoms with van der Waals surface area (Å²) in [6.45, 7) is 1.73. The number of aliphatic hydroxyl groups is 1. The first-order chi connectivity index (χ1) is 9.26. The number of imidazole rings is 1. The highest BCUT2D eigenvalue weighted by Gasteiger charge is 2.24. The summed E-state index contributed by atoms with van der Waals surface area (Å²) in [5.41, 5.74) is 0. The van der Waals surface area contributed by atoms with Crippen LogP contribution in [0.3, 0.4) is 0 Å². The van der Waals surface area contributed by atoms with Crippen LogP contribution in [0.15, 0.2) is 18.7 Å². The van der Waals surface area contributed by atoms with Gasteiger partial charge in [0.05, 0.1) is 0 Å². The molecule has 1 atom stereocenters. The molecule has 0 aromatic carbocycles. The van der Waals surface area contributed by atoms with E-state index in [4.69, 9.17) is 11.6 Å². The second-order valence-corrected chi connectivity index (χ2v) is 4.80. The number of hydrogen-bond donors (Lipinski definition) is 1. The van der Waals surface area contributed by atoms with E-state index in [0.717, 1.165) is 19.5 Å². The average Bonchev–Trinajstić information content (AvgIpc) is 3.09. The SMILES string of the molecule is OCC1CCN(c2nc(Cl)nc(-n3ccnc3)n2)C1. The van der Waals surface area contributed by atoms with Crippen molar-refractivity contribution in [3.63, 3.8) is 0 Å². The molecule has 8 heteroatoms. The molecule has 1 aliphatic rings. The predicted molar refractivity (Wildman–Crippen MR) is 69.4 cm³/mol. The molecule has 0 amide bonds. The van der Waals surface area contributed by atoms with Crippen molar-refractivity contribution in [2.45, 2.75) is 6.42 Å². The molecule has 1 fully saturated rings. The first kappa shape index (κ1) is 12.3. The van der Waals surface area contributed by atoms with Gasteiger partial charge in [-0.2, -0.15) is 15.0 Å². The minimum absolute atomic E-state index is 0.154. The lowest BCUT2D eigenvalue weighted by Gasteiger charge is -2.16. The fourth-order valence-corrected chi connectivity index (χ4v) is 2.28. The van der Waals surface area contributed by atoms with Crippen molar-refractivity contribution in [1.82, 2.24) is 24.5 Å². The van der Waals surface area contributed by atoms with Crippen molar-refractivity contribution in [3.05, 3.63) is 24.0 Å². The standard InChI is InChI=1S/C11H13ClN6O/c12-9-14-10(17-3-1-8(5-17)6-19)16-11(15-9)18-4-2-13-7-18/h2,4,7-8,19H,1,3,5-6H2. The third kappa shape index (κ3) is 2.52. The van der Waals surface area contributed by atoms with Gasteiger partial charge in [0.2, 0.25) is 17.2 Å². The third-order valence-electron chi connectivity index (χ3n) is 3.15. The number of rotatable bonds is 3. The molecule has 19 heavy (non-hydrogen) atoms. The Kier molecular flexibility index (Phi) is 3.31. The van der Waals surface area contributed by atoms with E-state index in [1.54, 1.807) is 23.3 Å². The Morgan fingerprint density at radius 2 is 2.16 bits per heavy atom. The largest absolute Gasteiger partial charge is 0.396 e. The van der Waals surface area contributed by atoms with Crippen LogP contribution in [0.25, 0.3) is 5.95 Å². The number of nitrogens with zero attached hydrogens (tertiary/aromatic N) is 6. The molecule has 0 bridgehead atoms. The molecule has 1 aliphatic heterocycles. The molecule has 0 saturated carbocycles. The molecule has 2 aromatic heterocycles. The monoisotopic (exact) mass is 280 g/mol. The lowest BCUT2D eigenvalue weighted by atomic mass is 10.1. The molecular formula is C11H13ClN6O. The molecule has 1 N–H and O–H groups in total. The van der Waals surface area contributed by atoms with Gasteiger partial charge in [0.15, 0.2) is 0 Å². The van der Waals surface area contributed by atoms with Gasteiger partial charge in [-0.25, -0.2) is 4.98 Å². The minimum atomic E-state index is 0.154. The average molecular weight is 281 g/mol. The maximum Gasteiger partial charge on any atom is 0.241 e. The fourth-order valence-electron chi connectivity index (χ4n) is 2.13. The lowest BCUT2D eigenvalue weighted by Crippen LogP contribution is -2.23. The van der Waals surface area contributed by atoms with Crippen molar-refractivity contribution < 1.29 is 5.11 Å². The summed E-state index contributed by atoms with van der Waals surface area (Å²) in [5, 5.41) is 9.33. The predicted octanol–water partition coefficient (Wildman–Crippen LogP) is 0.529. The number of halogens is 1. The molecule has 7 nitrogen and oxygen atoms in total. The first-order valence-corrected chi connectivity index (χ1v) is 6.40. The van der Waals surface area contributed by atoms with Crippen molar-refractivity contribution in [2.24, 2.45) is 5.92 Å². The highest BCUT2D eigenvalue weighted by molar-refractivity contribution is 6.28. The summed E-state index contributed by atoms with van der Waals surface area (Å²) in [6.07, 6.45) is 5.93. The van der Waals surface area contributed by atoms with Gasteiger partial charge >= 0.3 is 0 Å². The van der Waals surface area contributed by atoms with E-state index in [0.29, 0.717) is 11.9 Å². The summed E-state index contributed by atoms with van der Waals surface area (Å²) < 4.78 is 1.68. The van der Waals surface area contributed by atoms with Gasteiger partial charge in [-0.05, 0) is 18.0 Å². The van der Waals surface area contributed by atoms with E-state index < -0.39 is 0 Å². The highest BCUT2D eigenvalue weighted by atomic mass is 35.5. The second-order valence-electron chi connectivity index (χ2n) is 4.46. The van der Waals surface area contributed by atoms with Gasteiger partial charge in [0.1, 0.15) is 6.33 Å². The van der Waals surface area contributed by atoms with Crippen LogP contribution in [0.4, 0.5) is 5.95 Å². The molecule has 0 aliphatic carbocycles. The van der Waals surface area contributed by atoms with Crippen LogP contribution < -0.4 is 4.90 Å². The van der Waals surface area contributed by atoms with Crippen LogP contribution in [0, 0.1) is 5.92 Å². The Balaban J connectivity index is 1.90. The van der Waals surface area contributed by atoms with Crippen LogP contribution in [0.2, 0.25) is 5.28 Å². The molecule has 100 valence electrons. The molecule has 1 unspecified atom stereocenters. The van der Waals surface area contributed by atoms with E-state index in [1.807, 2.05) is 4.90 Å². The number of anilines is 1. The quantitative estimate of drug-likeness (QED) is 0.883. The maximum atomic E-state index is 9.17. The van der Waals surface area contributed by atoms with Crippen LogP contribution >= 0.6 is 11.6 Å². The van der Waals surface area contributed by atoms with Gasteiger partial charge in [-0.3, -0.25) is 4.57 Å². The van der Waals surface area contributed by atoms with Crippen LogP contribution in [0.5, 0.6) is 0 Å². The first-order valence-electron chi connectivity index (χ1n) is 6.02. The topological polar surface area (TPSA) is 80.0 Å². The number of hydrogen-bond acceptors (Lipinski definition) is 6. The van der Waals surface area contributed by atoms with Crippen LogP contribution in [-0.4, -0.2) is 49.3 Å². The van der Waals surface area contributed by atoms with E-state index in [9.17, 15) is 5.11 Å². The molecule has 0 radical (unpaired) electrons. The number of aliphatic hydroxyl groups excluding tert-OH is 1. The summed E-state index contributed by atoms with van der Waals surface area (Å²) >= 11 is 5.94. The zero-order valence-corrected chi connectivity index (χ0v) is 10.9.